The molecule has 25 heavy (non-hydrogen) atoms. The van der Waals surface area contributed by atoms with Gasteiger partial charge < -0.3 is 9.80 Å². The summed E-state index contributed by atoms with van der Waals surface area (Å²) >= 11 is 0. The number of carbonyl (C=O) groups excluding carboxylic acids is 2. The molecule has 0 N–H and O–H groups in total. The number of amides is 2. The van der Waals surface area contributed by atoms with Crippen LogP contribution in [0.1, 0.15) is 38.4 Å². The minimum absolute atomic E-state index is 0.0249. The van der Waals surface area contributed by atoms with E-state index in [4.69, 9.17) is 0 Å². The Balaban J connectivity index is 1.68. The van der Waals surface area contributed by atoms with E-state index < -0.39 is 0 Å². The highest BCUT2D eigenvalue weighted by atomic mass is 16.2. The van der Waals surface area contributed by atoms with E-state index in [0.717, 1.165) is 12.0 Å². The number of rotatable bonds is 2. The molecule has 130 valence electrons. The van der Waals surface area contributed by atoms with Crippen LogP contribution in [-0.4, -0.2) is 57.8 Å². The maximum atomic E-state index is 12.8. The van der Waals surface area contributed by atoms with Crippen molar-refractivity contribution in [3.63, 3.8) is 0 Å². The number of aryl methyl sites for hydroxylation is 2. The second kappa shape index (κ2) is 7.42. The fraction of sp³-hybridized carbons (Fsp3) is 0.368. The highest BCUT2D eigenvalue weighted by Gasteiger charge is 2.24. The third-order valence-corrected chi connectivity index (χ3v) is 4.61. The minimum atomic E-state index is -0.131. The van der Waals surface area contributed by atoms with E-state index in [2.05, 4.69) is 9.97 Å². The van der Waals surface area contributed by atoms with E-state index in [1.165, 1.54) is 18.0 Å². The molecule has 3 rings (SSSR count). The van der Waals surface area contributed by atoms with Crippen LogP contribution in [-0.2, 0) is 0 Å². The molecule has 0 aliphatic carbocycles. The van der Waals surface area contributed by atoms with Crippen molar-refractivity contribution < 1.29 is 9.59 Å². The molecule has 0 bridgehead atoms. The van der Waals surface area contributed by atoms with Crippen LogP contribution < -0.4 is 0 Å². The standard InChI is InChI=1S/C19H22N4O2/c1-14-4-5-16(12-15(14)2)18(24)22-8-3-9-23(11-10-22)19(25)17-13-20-6-7-21-17/h4-7,12-13H,3,8-11H2,1-2H3. The lowest BCUT2D eigenvalue weighted by Gasteiger charge is -2.22. The molecule has 1 aliphatic rings. The molecule has 1 aromatic heterocycles. The predicted octanol–water partition coefficient (Wildman–Crippen LogP) is 2.08. The van der Waals surface area contributed by atoms with Crippen LogP contribution in [0.4, 0.5) is 0 Å². The largest absolute Gasteiger partial charge is 0.337 e. The summed E-state index contributed by atoms with van der Waals surface area (Å²) in [5.41, 5.74) is 3.33. The van der Waals surface area contributed by atoms with Crippen LogP contribution in [0, 0.1) is 13.8 Å². The van der Waals surface area contributed by atoms with Crippen molar-refractivity contribution >= 4 is 11.8 Å². The molecular formula is C19H22N4O2. The van der Waals surface area contributed by atoms with Gasteiger partial charge in [0.05, 0.1) is 6.20 Å². The first-order valence-electron chi connectivity index (χ1n) is 8.48. The van der Waals surface area contributed by atoms with Gasteiger partial charge >= 0.3 is 0 Å². The minimum Gasteiger partial charge on any atom is -0.337 e. The number of benzene rings is 1. The van der Waals surface area contributed by atoms with Crippen LogP contribution in [0.25, 0.3) is 0 Å². The second-order valence-corrected chi connectivity index (χ2v) is 6.33. The molecule has 6 nitrogen and oxygen atoms in total. The maximum absolute atomic E-state index is 12.8. The predicted molar refractivity (Wildman–Crippen MR) is 94.4 cm³/mol. The fourth-order valence-electron chi connectivity index (χ4n) is 2.95. The zero-order chi connectivity index (χ0) is 17.8. The number of hydrogen-bond acceptors (Lipinski definition) is 4. The summed E-state index contributed by atoms with van der Waals surface area (Å²) in [5, 5.41) is 0. The van der Waals surface area contributed by atoms with Gasteiger partial charge in [0.25, 0.3) is 11.8 Å². The van der Waals surface area contributed by atoms with Crippen molar-refractivity contribution in [3.8, 4) is 0 Å². The van der Waals surface area contributed by atoms with Gasteiger partial charge in [0.2, 0.25) is 0 Å². The molecule has 1 fully saturated rings. The first kappa shape index (κ1) is 17.1. The first-order chi connectivity index (χ1) is 12.1. The summed E-state index contributed by atoms with van der Waals surface area (Å²) in [5.74, 6) is -0.106. The summed E-state index contributed by atoms with van der Waals surface area (Å²) in [6.07, 6.45) is 5.29. The first-order valence-corrected chi connectivity index (χ1v) is 8.48. The van der Waals surface area contributed by atoms with Crippen molar-refractivity contribution in [2.24, 2.45) is 0 Å². The topological polar surface area (TPSA) is 66.4 Å². The smallest absolute Gasteiger partial charge is 0.274 e. The van der Waals surface area contributed by atoms with Crippen LogP contribution in [0.2, 0.25) is 0 Å². The van der Waals surface area contributed by atoms with Crippen LogP contribution in [0.3, 0.4) is 0 Å². The zero-order valence-corrected chi connectivity index (χ0v) is 14.6. The average molecular weight is 338 g/mol. The third-order valence-electron chi connectivity index (χ3n) is 4.61. The SMILES string of the molecule is Cc1ccc(C(=O)N2CCCN(C(=O)c3cnccn3)CC2)cc1C. The van der Waals surface area contributed by atoms with Crippen LogP contribution in [0.15, 0.2) is 36.8 Å². The van der Waals surface area contributed by atoms with Crippen molar-refractivity contribution in [1.82, 2.24) is 19.8 Å². The molecule has 2 amide bonds. The fourth-order valence-corrected chi connectivity index (χ4v) is 2.95. The van der Waals surface area contributed by atoms with Crippen LogP contribution in [0.5, 0.6) is 0 Å². The van der Waals surface area contributed by atoms with Gasteiger partial charge in [-0.15, -0.1) is 0 Å². The molecule has 0 saturated carbocycles. The number of aromatic nitrogens is 2. The molecule has 0 spiro atoms. The normalized spacial score (nSPS) is 15.0. The number of hydrogen-bond donors (Lipinski definition) is 0. The Labute approximate surface area is 147 Å². The van der Waals surface area contributed by atoms with E-state index in [9.17, 15) is 9.59 Å². The van der Waals surface area contributed by atoms with E-state index in [1.54, 1.807) is 11.1 Å². The van der Waals surface area contributed by atoms with Crippen molar-refractivity contribution in [2.45, 2.75) is 20.3 Å². The highest BCUT2D eigenvalue weighted by Crippen LogP contribution is 2.14. The molecule has 2 aromatic rings. The Morgan fingerprint density at radius 3 is 2.28 bits per heavy atom. The van der Waals surface area contributed by atoms with Crippen molar-refractivity contribution in [2.75, 3.05) is 26.2 Å². The lowest BCUT2D eigenvalue weighted by molar-refractivity contribution is 0.0715. The number of carbonyl (C=O) groups is 2. The van der Waals surface area contributed by atoms with Gasteiger partial charge in [-0.05, 0) is 43.5 Å². The Hall–Kier alpha value is -2.76. The van der Waals surface area contributed by atoms with Crippen molar-refractivity contribution in [1.29, 1.82) is 0 Å². The quantitative estimate of drug-likeness (QED) is 0.841. The molecular weight excluding hydrogens is 316 g/mol. The molecule has 1 saturated heterocycles. The molecule has 6 heteroatoms. The lowest BCUT2D eigenvalue weighted by Crippen LogP contribution is -2.37. The molecule has 2 heterocycles. The summed E-state index contributed by atoms with van der Waals surface area (Å²) in [4.78, 5) is 36.9. The van der Waals surface area contributed by atoms with E-state index >= 15 is 0 Å². The molecule has 0 atom stereocenters. The second-order valence-electron chi connectivity index (χ2n) is 6.33. The monoisotopic (exact) mass is 338 g/mol. The molecule has 1 aliphatic heterocycles. The Morgan fingerprint density at radius 1 is 0.920 bits per heavy atom. The summed E-state index contributed by atoms with van der Waals surface area (Å²) in [6.45, 7) is 6.34. The molecule has 0 radical (unpaired) electrons. The van der Waals surface area contributed by atoms with Gasteiger partial charge in [0, 0.05) is 44.1 Å². The molecule has 1 aromatic carbocycles. The summed E-state index contributed by atoms with van der Waals surface area (Å²) in [6, 6.07) is 5.79. The third kappa shape index (κ3) is 3.84. The maximum Gasteiger partial charge on any atom is 0.274 e. The van der Waals surface area contributed by atoms with Gasteiger partial charge in [-0.2, -0.15) is 0 Å². The summed E-state index contributed by atoms with van der Waals surface area (Å²) in [7, 11) is 0. The van der Waals surface area contributed by atoms with Gasteiger partial charge in [-0.25, -0.2) is 4.98 Å². The van der Waals surface area contributed by atoms with Crippen LogP contribution >= 0.6 is 0 Å². The van der Waals surface area contributed by atoms with E-state index in [0.29, 0.717) is 37.4 Å². The Kier molecular flexibility index (Phi) is 5.07. The zero-order valence-electron chi connectivity index (χ0n) is 14.6. The van der Waals surface area contributed by atoms with E-state index in [-0.39, 0.29) is 11.8 Å². The Morgan fingerprint density at radius 2 is 1.64 bits per heavy atom. The molecule has 0 unspecified atom stereocenters. The van der Waals surface area contributed by atoms with Gasteiger partial charge in [-0.3, -0.25) is 14.6 Å². The Bertz CT molecular complexity index is 776. The summed E-state index contributed by atoms with van der Waals surface area (Å²) < 4.78 is 0. The van der Waals surface area contributed by atoms with Gasteiger partial charge in [-0.1, -0.05) is 6.07 Å². The van der Waals surface area contributed by atoms with Crippen molar-refractivity contribution in [3.05, 3.63) is 59.2 Å². The lowest BCUT2D eigenvalue weighted by atomic mass is 10.1. The number of nitrogens with zero attached hydrogens (tertiary/aromatic N) is 4. The van der Waals surface area contributed by atoms with E-state index in [1.807, 2.05) is 36.9 Å². The average Bonchev–Trinajstić information content (AvgIpc) is 2.89. The van der Waals surface area contributed by atoms with Gasteiger partial charge in [0.1, 0.15) is 5.69 Å². The van der Waals surface area contributed by atoms with Gasteiger partial charge in [0.15, 0.2) is 0 Å². The highest BCUT2D eigenvalue weighted by molar-refractivity contribution is 5.95.